The molecule has 0 spiro atoms. The SMILES string of the molecule is O=C(CCc1nc(-c2cccs2)no1)NCCCOCc1ccccc1. The molecule has 3 rings (SSSR count). The van der Waals surface area contributed by atoms with Crippen molar-refractivity contribution in [3.63, 3.8) is 0 Å². The van der Waals surface area contributed by atoms with Crippen molar-refractivity contribution in [2.24, 2.45) is 0 Å². The van der Waals surface area contributed by atoms with Gasteiger partial charge in [0.2, 0.25) is 17.6 Å². The number of nitrogens with one attached hydrogen (secondary N) is 1. The maximum atomic E-state index is 11.9. The minimum absolute atomic E-state index is 0.0241. The monoisotopic (exact) mass is 371 g/mol. The van der Waals surface area contributed by atoms with Crippen LogP contribution in [0.4, 0.5) is 0 Å². The summed E-state index contributed by atoms with van der Waals surface area (Å²) in [5.41, 5.74) is 1.15. The van der Waals surface area contributed by atoms with Gasteiger partial charge >= 0.3 is 0 Å². The topological polar surface area (TPSA) is 77.2 Å². The quantitative estimate of drug-likeness (QED) is 0.552. The van der Waals surface area contributed by atoms with Crippen LogP contribution in [0.1, 0.15) is 24.3 Å². The van der Waals surface area contributed by atoms with Crippen LogP contribution in [0.2, 0.25) is 0 Å². The van der Waals surface area contributed by atoms with Gasteiger partial charge < -0.3 is 14.6 Å². The van der Waals surface area contributed by atoms with Crippen molar-refractivity contribution >= 4 is 17.2 Å². The highest BCUT2D eigenvalue weighted by molar-refractivity contribution is 7.13. The third kappa shape index (κ3) is 5.79. The fraction of sp³-hybridized carbons (Fsp3) is 0.316. The first-order valence-electron chi connectivity index (χ1n) is 8.56. The van der Waals surface area contributed by atoms with Gasteiger partial charge in [-0.3, -0.25) is 4.79 Å². The van der Waals surface area contributed by atoms with E-state index in [1.54, 1.807) is 11.3 Å². The largest absolute Gasteiger partial charge is 0.377 e. The molecule has 0 saturated carbocycles. The molecule has 0 aliphatic rings. The first-order chi connectivity index (χ1) is 12.8. The molecule has 6 nitrogen and oxygen atoms in total. The van der Waals surface area contributed by atoms with Crippen molar-refractivity contribution in [1.29, 1.82) is 0 Å². The lowest BCUT2D eigenvalue weighted by atomic mass is 10.2. The average molecular weight is 371 g/mol. The molecule has 0 atom stereocenters. The van der Waals surface area contributed by atoms with E-state index in [9.17, 15) is 4.79 Å². The Bertz CT molecular complexity index is 787. The van der Waals surface area contributed by atoms with Crippen LogP contribution in [-0.2, 0) is 22.6 Å². The Kier molecular flexibility index (Phi) is 6.92. The van der Waals surface area contributed by atoms with E-state index in [0.29, 0.717) is 44.3 Å². The van der Waals surface area contributed by atoms with Gasteiger partial charge in [0.25, 0.3) is 0 Å². The summed E-state index contributed by atoms with van der Waals surface area (Å²) in [6, 6.07) is 13.9. The molecule has 3 aromatic rings. The molecule has 2 aromatic heterocycles. The zero-order chi connectivity index (χ0) is 18.0. The van der Waals surface area contributed by atoms with Crippen LogP contribution in [0.25, 0.3) is 10.7 Å². The number of ether oxygens (including phenoxy) is 1. The number of hydrogen-bond donors (Lipinski definition) is 1. The Labute approximate surface area is 156 Å². The van der Waals surface area contributed by atoms with E-state index >= 15 is 0 Å². The number of carbonyl (C=O) groups is 1. The molecule has 1 N–H and O–H groups in total. The summed E-state index contributed by atoms with van der Waals surface area (Å²) >= 11 is 1.55. The molecule has 1 amide bonds. The maximum absolute atomic E-state index is 11.9. The van der Waals surface area contributed by atoms with Gasteiger partial charge in [0.05, 0.1) is 11.5 Å². The van der Waals surface area contributed by atoms with E-state index < -0.39 is 0 Å². The number of carbonyl (C=O) groups excluding carboxylic acids is 1. The Morgan fingerprint density at radius 3 is 2.88 bits per heavy atom. The number of nitrogens with zero attached hydrogens (tertiary/aromatic N) is 2. The molecular formula is C19H21N3O3S. The van der Waals surface area contributed by atoms with E-state index in [2.05, 4.69) is 15.5 Å². The third-order valence-corrected chi connectivity index (χ3v) is 4.54. The van der Waals surface area contributed by atoms with Crippen LogP contribution in [0, 0.1) is 0 Å². The van der Waals surface area contributed by atoms with Gasteiger partial charge in [-0.1, -0.05) is 41.6 Å². The van der Waals surface area contributed by atoms with Gasteiger partial charge in [0, 0.05) is 26.0 Å². The maximum Gasteiger partial charge on any atom is 0.227 e. The standard InChI is InChI=1S/C19H21N3O3S/c23-17(20-11-5-12-24-14-15-6-2-1-3-7-15)9-10-18-21-19(22-25-18)16-8-4-13-26-16/h1-4,6-8,13H,5,9-12,14H2,(H,20,23). The smallest absolute Gasteiger partial charge is 0.227 e. The lowest BCUT2D eigenvalue weighted by Gasteiger charge is -2.06. The minimum Gasteiger partial charge on any atom is -0.377 e. The zero-order valence-corrected chi connectivity index (χ0v) is 15.2. The van der Waals surface area contributed by atoms with Gasteiger partial charge in [0.1, 0.15) is 0 Å². The number of thiophene rings is 1. The molecule has 2 heterocycles. The Morgan fingerprint density at radius 1 is 1.19 bits per heavy atom. The molecule has 0 saturated heterocycles. The van der Waals surface area contributed by atoms with Crippen molar-refractivity contribution in [2.75, 3.05) is 13.2 Å². The van der Waals surface area contributed by atoms with Crippen LogP contribution in [0.5, 0.6) is 0 Å². The van der Waals surface area contributed by atoms with E-state index in [0.717, 1.165) is 16.9 Å². The summed E-state index contributed by atoms with van der Waals surface area (Å²) in [5, 5.41) is 8.77. The van der Waals surface area contributed by atoms with Crippen LogP contribution < -0.4 is 5.32 Å². The Hall–Kier alpha value is -2.51. The van der Waals surface area contributed by atoms with Gasteiger partial charge in [0.15, 0.2) is 0 Å². The zero-order valence-electron chi connectivity index (χ0n) is 14.4. The second-order valence-electron chi connectivity index (χ2n) is 5.73. The van der Waals surface area contributed by atoms with Crippen LogP contribution in [-0.4, -0.2) is 29.2 Å². The Balaban J connectivity index is 1.26. The highest BCUT2D eigenvalue weighted by Gasteiger charge is 2.11. The first kappa shape index (κ1) is 18.3. The summed E-state index contributed by atoms with van der Waals surface area (Å²) in [4.78, 5) is 17.1. The number of hydrogen-bond acceptors (Lipinski definition) is 6. The van der Waals surface area contributed by atoms with Crippen molar-refractivity contribution in [2.45, 2.75) is 25.9 Å². The molecule has 136 valence electrons. The lowest BCUT2D eigenvalue weighted by molar-refractivity contribution is -0.121. The lowest BCUT2D eigenvalue weighted by Crippen LogP contribution is -2.25. The van der Waals surface area contributed by atoms with Gasteiger partial charge in [-0.05, 0) is 23.4 Å². The molecule has 0 aliphatic heterocycles. The summed E-state index contributed by atoms with van der Waals surface area (Å²) in [5.74, 6) is 1.03. The molecule has 0 unspecified atom stereocenters. The second kappa shape index (κ2) is 9.84. The molecule has 7 heteroatoms. The molecule has 26 heavy (non-hydrogen) atoms. The van der Waals surface area contributed by atoms with E-state index in [-0.39, 0.29) is 5.91 Å². The predicted molar refractivity (Wildman–Crippen MR) is 99.7 cm³/mol. The van der Waals surface area contributed by atoms with E-state index in [1.807, 2.05) is 47.8 Å². The molecular weight excluding hydrogens is 350 g/mol. The average Bonchev–Trinajstić information content (AvgIpc) is 3.35. The minimum atomic E-state index is -0.0241. The molecule has 0 fully saturated rings. The van der Waals surface area contributed by atoms with Gasteiger partial charge in [-0.15, -0.1) is 11.3 Å². The predicted octanol–water partition coefficient (Wildman–Crippen LogP) is 3.45. The summed E-state index contributed by atoms with van der Waals surface area (Å²) in [7, 11) is 0. The van der Waals surface area contributed by atoms with Crippen molar-refractivity contribution in [3.05, 3.63) is 59.3 Å². The van der Waals surface area contributed by atoms with Crippen molar-refractivity contribution in [1.82, 2.24) is 15.5 Å². The van der Waals surface area contributed by atoms with Crippen molar-refractivity contribution < 1.29 is 14.1 Å². The van der Waals surface area contributed by atoms with Gasteiger partial charge in [-0.25, -0.2) is 0 Å². The van der Waals surface area contributed by atoms with Crippen molar-refractivity contribution in [3.8, 4) is 10.7 Å². The molecule has 1 aromatic carbocycles. The fourth-order valence-electron chi connectivity index (χ4n) is 2.34. The van der Waals surface area contributed by atoms with Crippen LogP contribution in [0.15, 0.2) is 52.4 Å². The van der Waals surface area contributed by atoms with Gasteiger partial charge in [-0.2, -0.15) is 4.98 Å². The number of rotatable bonds is 10. The molecule has 0 bridgehead atoms. The Morgan fingerprint density at radius 2 is 2.08 bits per heavy atom. The highest BCUT2D eigenvalue weighted by Crippen LogP contribution is 2.21. The summed E-state index contributed by atoms with van der Waals surface area (Å²) in [6.45, 7) is 1.80. The number of aryl methyl sites for hydroxylation is 1. The second-order valence-corrected chi connectivity index (χ2v) is 6.68. The third-order valence-electron chi connectivity index (χ3n) is 3.67. The van der Waals surface area contributed by atoms with E-state index in [1.165, 1.54) is 0 Å². The highest BCUT2D eigenvalue weighted by atomic mass is 32.1. The molecule has 0 aliphatic carbocycles. The fourth-order valence-corrected chi connectivity index (χ4v) is 2.99. The first-order valence-corrected chi connectivity index (χ1v) is 9.44. The van der Waals surface area contributed by atoms with Crippen LogP contribution in [0.3, 0.4) is 0 Å². The van der Waals surface area contributed by atoms with Crippen LogP contribution >= 0.6 is 11.3 Å². The number of benzene rings is 1. The number of amides is 1. The summed E-state index contributed by atoms with van der Waals surface area (Å²) < 4.78 is 10.8. The normalized spacial score (nSPS) is 10.8. The molecule has 0 radical (unpaired) electrons. The summed E-state index contributed by atoms with van der Waals surface area (Å²) in [6.07, 6.45) is 1.55. The van der Waals surface area contributed by atoms with E-state index in [4.69, 9.17) is 9.26 Å². The number of aromatic nitrogens is 2.